The standard InChI is InChI=1S/C15H18N2O3S/c18-11-12-6-9-17(10-7-12)21(19,20)15-5-1-4-14-13(15)3-2-8-16-14/h1-5,8,12,18H,6-7,9-11H2. The van der Waals surface area contributed by atoms with E-state index in [2.05, 4.69) is 4.98 Å². The van der Waals surface area contributed by atoms with E-state index in [-0.39, 0.29) is 12.5 Å². The van der Waals surface area contributed by atoms with Crippen molar-refractivity contribution >= 4 is 20.9 Å². The fourth-order valence-electron chi connectivity index (χ4n) is 2.77. The van der Waals surface area contributed by atoms with Crippen molar-refractivity contribution in [1.82, 2.24) is 9.29 Å². The average molecular weight is 306 g/mol. The van der Waals surface area contributed by atoms with Crippen molar-refractivity contribution in [2.45, 2.75) is 17.7 Å². The SMILES string of the molecule is O=S(=O)(c1cccc2ncccc12)N1CCC(CO)CC1. The Balaban J connectivity index is 1.98. The molecule has 1 aromatic heterocycles. The van der Waals surface area contributed by atoms with E-state index in [0.717, 1.165) is 0 Å². The van der Waals surface area contributed by atoms with Crippen molar-refractivity contribution in [3.05, 3.63) is 36.5 Å². The van der Waals surface area contributed by atoms with Crippen LogP contribution in [0, 0.1) is 5.92 Å². The molecule has 1 aliphatic heterocycles. The monoisotopic (exact) mass is 306 g/mol. The fraction of sp³-hybridized carbons (Fsp3) is 0.400. The molecule has 0 spiro atoms. The molecule has 0 bridgehead atoms. The zero-order chi connectivity index (χ0) is 14.9. The zero-order valence-electron chi connectivity index (χ0n) is 11.6. The molecule has 1 fully saturated rings. The first-order valence-corrected chi connectivity index (χ1v) is 8.51. The highest BCUT2D eigenvalue weighted by Gasteiger charge is 2.30. The van der Waals surface area contributed by atoms with E-state index < -0.39 is 10.0 Å². The summed E-state index contributed by atoms with van der Waals surface area (Å²) in [6, 6.07) is 8.71. The van der Waals surface area contributed by atoms with Crippen molar-refractivity contribution < 1.29 is 13.5 Å². The van der Waals surface area contributed by atoms with Crippen LogP contribution in [-0.2, 0) is 10.0 Å². The summed E-state index contributed by atoms with van der Waals surface area (Å²) < 4.78 is 27.2. The van der Waals surface area contributed by atoms with Gasteiger partial charge in [-0.15, -0.1) is 0 Å². The molecule has 1 saturated heterocycles. The molecule has 21 heavy (non-hydrogen) atoms. The Labute approximate surface area is 124 Å². The van der Waals surface area contributed by atoms with Crippen molar-refractivity contribution in [3.8, 4) is 0 Å². The normalized spacial score (nSPS) is 18.1. The van der Waals surface area contributed by atoms with Crippen molar-refractivity contribution in [2.24, 2.45) is 5.92 Å². The number of aliphatic hydroxyl groups excluding tert-OH is 1. The van der Waals surface area contributed by atoms with Crippen LogP contribution in [0.5, 0.6) is 0 Å². The summed E-state index contributed by atoms with van der Waals surface area (Å²) in [6.45, 7) is 1.06. The number of hydrogen-bond donors (Lipinski definition) is 1. The number of nitrogens with zero attached hydrogens (tertiary/aromatic N) is 2. The summed E-state index contributed by atoms with van der Waals surface area (Å²) in [5.41, 5.74) is 0.684. The minimum absolute atomic E-state index is 0.131. The minimum atomic E-state index is -3.51. The second-order valence-corrected chi connectivity index (χ2v) is 7.26. The van der Waals surface area contributed by atoms with Gasteiger partial charge in [0, 0.05) is 31.3 Å². The first kappa shape index (κ1) is 14.4. The Morgan fingerprint density at radius 1 is 1.19 bits per heavy atom. The van der Waals surface area contributed by atoms with Gasteiger partial charge in [0.25, 0.3) is 0 Å². The van der Waals surface area contributed by atoms with E-state index in [1.165, 1.54) is 4.31 Å². The van der Waals surface area contributed by atoms with Crippen LogP contribution in [-0.4, -0.2) is 42.5 Å². The van der Waals surface area contributed by atoms with Gasteiger partial charge in [0.05, 0.1) is 10.4 Å². The maximum absolute atomic E-state index is 12.8. The highest BCUT2D eigenvalue weighted by molar-refractivity contribution is 7.89. The molecule has 1 N–H and O–H groups in total. The molecule has 2 aromatic rings. The van der Waals surface area contributed by atoms with Crippen molar-refractivity contribution in [1.29, 1.82) is 0 Å². The number of benzene rings is 1. The molecule has 6 heteroatoms. The van der Waals surface area contributed by atoms with Gasteiger partial charge < -0.3 is 5.11 Å². The van der Waals surface area contributed by atoms with Gasteiger partial charge >= 0.3 is 0 Å². The molecule has 0 radical (unpaired) electrons. The van der Waals surface area contributed by atoms with Crippen molar-refractivity contribution in [3.63, 3.8) is 0 Å². The lowest BCUT2D eigenvalue weighted by molar-refractivity contribution is 0.170. The van der Waals surface area contributed by atoms with Gasteiger partial charge in [-0.1, -0.05) is 6.07 Å². The van der Waals surface area contributed by atoms with E-state index >= 15 is 0 Å². The predicted octanol–water partition coefficient (Wildman–Crippen LogP) is 1.63. The lowest BCUT2D eigenvalue weighted by Gasteiger charge is -2.30. The minimum Gasteiger partial charge on any atom is -0.396 e. The number of aromatic nitrogens is 1. The molecule has 2 heterocycles. The fourth-order valence-corrected chi connectivity index (χ4v) is 4.44. The zero-order valence-corrected chi connectivity index (χ0v) is 12.5. The second-order valence-electron chi connectivity index (χ2n) is 5.36. The predicted molar refractivity (Wildman–Crippen MR) is 80.3 cm³/mol. The molecule has 0 atom stereocenters. The van der Waals surface area contributed by atoms with Crippen LogP contribution in [0.15, 0.2) is 41.4 Å². The first-order valence-electron chi connectivity index (χ1n) is 7.07. The molecular formula is C15H18N2O3S. The number of pyridine rings is 1. The van der Waals surface area contributed by atoms with E-state index in [9.17, 15) is 8.42 Å². The molecular weight excluding hydrogens is 288 g/mol. The highest BCUT2D eigenvalue weighted by atomic mass is 32.2. The number of rotatable bonds is 3. The van der Waals surface area contributed by atoms with Gasteiger partial charge in [-0.25, -0.2) is 8.42 Å². The van der Waals surface area contributed by atoms with Gasteiger partial charge in [0.2, 0.25) is 10.0 Å². The smallest absolute Gasteiger partial charge is 0.243 e. The molecule has 5 nitrogen and oxygen atoms in total. The number of hydrogen-bond acceptors (Lipinski definition) is 4. The third-order valence-electron chi connectivity index (χ3n) is 4.06. The Bertz CT molecular complexity index is 732. The first-order chi connectivity index (χ1) is 10.1. The molecule has 1 aromatic carbocycles. The quantitative estimate of drug-likeness (QED) is 0.935. The molecule has 0 unspecified atom stereocenters. The molecule has 0 aliphatic carbocycles. The Hall–Kier alpha value is -1.50. The number of sulfonamides is 1. The lowest BCUT2D eigenvalue weighted by atomic mass is 10.00. The lowest BCUT2D eigenvalue weighted by Crippen LogP contribution is -2.39. The third kappa shape index (κ3) is 2.66. The number of aliphatic hydroxyl groups is 1. The highest BCUT2D eigenvalue weighted by Crippen LogP contribution is 2.27. The van der Waals surface area contributed by atoms with Crippen LogP contribution in [0.2, 0.25) is 0 Å². The molecule has 112 valence electrons. The molecule has 1 aliphatic rings. The maximum atomic E-state index is 12.8. The second kappa shape index (κ2) is 5.71. The average Bonchev–Trinajstić information content (AvgIpc) is 2.54. The summed E-state index contributed by atoms with van der Waals surface area (Å²) in [7, 11) is -3.51. The summed E-state index contributed by atoms with van der Waals surface area (Å²) in [4.78, 5) is 4.53. The number of fused-ring (bicyclic) bond motifs is 1. The maximum Gasteiger partial charge on any atom is 0.243 e. The van der Waals surface area contributed by atoms with Crippen LogP contribution < -0.4 is 0 Å². The Morgan fingerprint density at radius 2 is 1.95 bits per heavy atom. The van der Waals surface area contributed by atoms with Gasteiger partial charge in [0.15, 0.2) is 0 Å². The Morgan fingerprint density at radius 3 is 2.67 bits per heavy atom. The van der Waals surface area contributed by atoms with Gasteiger partial charge in [-0.2, -0.15) is 4.31 Å². The van der Waals surface area contributed by atoms with Crippen LogP contribution >= 0.6 is 0 Å². The van der Waals surface area contributed by atoms with Gasteiger partial charge in [0.1, 0.15) is 0 Å². The van der Waals surface area contributed by atoms with E-state index in [0.29, 0.717) is 41.7 Å². The molecule has 0 saturated carbocycles. The largest absolute Gasteiger partial charge is 0.396 e. The topological polar surface area (TPSA) is 70.5 Å². The van der Waals surface area contributed by atoms with Crippen LogP contribution in [0.3, 0.4) is 0 Å². The summed E-state index contributed by atoms with van der Waals surface area (Å²) >= 11 is 0. The van der Waals surface area contributed by atoms with E-state index in [1.807, 2.05) is 6.07 Å². The summed E-state index contributed by atoms with van der Waals surface area (Å²) in [6.07, 6.45) is 3.07. The van der Waals surface area contributed by atoms with E-state index in [1.54, 1.807) is 30.5 Å². The number of piperidine rings is 1. The summed E-state index contributed by atoms with van der Waals surface area (Å²) in [5.74, 6) is 0.214. The van der Waals surface area contributed by atoms with Gasteiger partial charge in [-0.3, -0.25) is 4.98 Å². The van der Waals surface area contributed by atoms with Crippen LogP contribution in [0.1, 0.15) is 12.8 Å². The van der Waals surface area contributed by atoms with Gasteiger partial charge in [-0.05, 0) is 43.0 Å². The van der Waals surface area contributed by atoms with Crippen molar-refractivity contribution in [2.75, 3.05) is 19.7 Å². The Kier molecular flexibility index (Phi) is 3.93. The summed E-state index contributed by atoms with van der Waals surface area (Å²) in [5, 5.41) is 9.82. The van der Waals surface area contributed by atoms with Crippen LogP contribution in [0.25, 0.3) is 10.9 Å². The molecule has 0 amide bonds. The molecule has 3 rings (SSSR count). The third-order valence-corrected chi connectivity index (χ3v) is 6.01. The van der Waals surface area contributed by atoms with Crippen LogP contribution in [0.4, 0.5) is 0 Å². The van der Waals surface area contributed by atoms with E-state index in [4.69, 9.17) is 5.11 Å².